The molecule has 0 aliphatic heterocycles. The molecule has 0 unspecified atom stereocenters. The molecule has 19 heavy (non-hydrogen) atoms. The summed E-state index contributed by atoms with van der Waals surface area (Å²) in [7, 11) is 0. The van der Waals surface area contributed by atoms with Crippen molar-refractivity contribution >= 4 is 11.8 Å². The maximum Gasteiger partial charge on any atom is 0.255 e. The monoisotopic (exact) mass is 266 g/mol. The molecule has 0 atom stereocenters. The van der Waals surface area contributed by atoms with E-state index in [0.717, 1.165) is 11.3 Å². The highest BCUT2D eigenvalue weighted by atomic mass is 16.3. The summed E-state index contributed by atoms with van der Waals surface area (Å²) in [6.45, 7) is 9.96. The minimum absolute atomic E-state index is 0.0132. The first-order chi connectivity index (χ1) is 8.84. The molecule has 0 aromatic carbocycles. The molecule has 0 radical (unpaired) electrons. The third-order valence-electron chi connectivity index (χ3n) is 3.02. The normalized spacial score (nSPS) is 10.6. The molecule has 0 bridgehead atoms. The second-order valence-corrected chi connectivity index (χ2v) is 4.92. The Morgan fingerprint density at radius 1 is 1.05 bits per heavy atom. The highest BCUT2D eigenvalue weighted by molar-refractivity contribution is 5.96. The summed E-state index contributed by atoms with van der Waals surface area (Å²) in [6.07, 6.45) is 0. The molecule has 2 N–H and O–H groups in total. The molecule has 1 rings (SSSR count). The summed E-state index contributed by atoms with van der Waals surface area (Å²) in [6, 6.07) is 0. The van der Waals surface area contributed by atoms with Crippen molar-refractivity contribution in [1.82, 2.24) is 10.6 Å². The van der Waals surface area contributed by atoms with Gasteiger partial charge < -0.3 is 15.1 Å². The molecule has 1 aromatic rings. The van der Waals surface area contributed by atoms with Gasteiger partial charge in [0.15, 0.2) is 0 Å². The summed E-state index contributed by atoms with van der Waals surface area (Å²) in [4.78, 5) is 23.3. The Hall–Kier alpha value is -1.78. The summed E-state index contributed by atoms with van der Waals surface area (Å²) in [5.74, 6) is 1.16. The minimum Gasteiger partial charge on any atom is -0.466 e. The second kappa shape index (κ2) is 6.41. The fourth-order valence-electron chi connectivity index (χ4n) is 1.78. The first kappa shape index (κ1) is 15.3. The number of hydrogen-bond acceptors (Lipinski definition) is 3. The zero-order chi connectivity index (χ0) is 14.6. The zero-order valence-corrected chi connectivity index (χ0v) is 12.2. The lowest BCUT2D eigenvalue weighted by Crippen LogP contribution is -2.36. The van der Waals surface area contributed by atoms with Gasteiger partial charge in [0.05, 0.1) is 5.56 Å². The van der Waals surface area contributed by atoms with E-state index in [9.17, 15) is 9.59 Å². The van der Waals surface area contributed by atoms with Gasteiger partial charge in [-0.15, -0.1) is 0 Å². The minimum atomic E-state index is -0.161. The van der Waals surface area contributed by atoms with Crippen LogP contribution in [0, 0.1) is 26.7 Å². The van der Waals surface area contributed by atoms with Crippen LogP contribution in [0.1, 0.15) is 41.3 Å². The zero-order valence-electron chi connectivity index (χ0n) is 12.2. The van der Waals surface area contributed by atoms with Crippen molar-refractivity contribution in [3.05, 3.63) is 22.6 Å². The topological polar surface area (TPSA) is 71.3 Å². The highest BCUT2D eigenvalue weighted by Crippen LogP contribution is 2.20. The van der Waals surface area contributed by atoms with Gasteiger partial charge in [0.2, 0.25) is 5.91 Å². The molecule has 2 amide bonds. The molecule has 5 nitrogen and oxygen atoms in total. The van der Waals surface area contributed by atoms with Gasteiger partial charge in [-0.25, -0.2) is 0 Å². The first-order valence-corrected chi connectivity index (χ1v) is 6.47. The maximum atomic E-state index is 12.0. The van der Waals surface area contributed by atoms with Crippen LogP contribution in [0.2, 0.25) is 0 Å². The Balaban J connectivity index is 2.46. The number of rotatable bonds is 5. The number of furan rings is 1. The molecule has 0 fully saturated rings. The van der Waals surface area contributed by atoms with Crippen LogP contribution in [-0.4, -0.2) is 24.9 Å². The standard InChI is InChI=1S/C14H22N2O3/c1-8(2)13(17)15-6-7-16-14(18)12-9(3)10(4)19-11(12)5/h8H,6-7H2,1-5H3,(H,15,17)(H,16,18). The van der Waals surface area contributed by atoms with Gasteiger partial charge in [-0.2, -0.15) is 0 Å². The molecular weight excluding hydrogens is 244 g/mol. The van der Waals surface area contributed by atoms with E-state index in [1.54, 1.807) is 6.92 Å². The highest BCUT2D eigenvalue weighted by Gasteiger charge is 2.17. The van der Waals surface area contributed by atoms with Crippen molar-refractivity contribution in [1.29, 1.82) is 0 Å². The van der Waals surface area contributed by atoms with Crippen molar-refractivity contribution < 1.29 is 14.0 Å². The van der Waals surface area contributed by atoms with E-state index in [1.807, 2.05) is 27.7 Å². The lowest BCUT2D eigenvalue weighted by atomic mass is 10.1. The molecule has 1 aromatic heterocycles. The number of aryl methyl sites for hydroxylation is 2. The van der Waals surface area contributed by atoms with Gasteiger partial charge in [0.1, 0.15) is 11.5 Å². The van der Waals surface area contributed by atoms with E-state index in [1.165, 1.54) is 0 Å². The lowest BCUT2D eigenvalue weighted by molar-refractivity contribution is -0.123. The van der Waals surface area contributed by atoms with Gasteiger partial charge in [0.25, 0.3) is 5.91 Å². The Morgan fingerprint density at radius 2 is 1.63 bits per heavy atom. The molecule has 106 valence electrons. The van der Waals surface area contributed by atoms with Gasteiger partial charge in [-0.1, -0.05) is 13.8 Å². The van der Waals surface area contributed by atoms with Crippen LogP contribution in [0.3, 0.4) is 0 Å². The molecular formula is C14H22N2O3. The van der Waals surface area contributed by atoms with E-state index in [0.29, 0.717) is 24.4 Å². The largest absolute Gasteiger partial charge is 0.466 e. The Kier molecular flexibility index (Phi) is 5.15. The molecule has 0 saturated carbocycles. The molecule has 0 saturated heterocycles. The number of amides is 2. The molecule has 0 aliphatic carbocycles. The van der Waals surface area contributed by atoms with Crippen LogP contribution in [0.5, 0.6) is 0 Å². The second-order valence-electron chi connectivity index (χ2n) is 4.92. The van der Waals surface area contributed by atoms with Crippen molar-refractivity contribution in [3.63, 3.8) is 0 Å². The molecule has 5 heteroatoms. The Morgan fingerprint density at radius 3 is 2.11 bits per heavy atom. The van der Waals surface area contributed by atoms with Gasteiger partial charge in [-0.05, 0) is 20.8 Å². The van der Waals surface area contributed by atoms with Crippen molar-refractivity contribution in [2.45, 2.75) is 34.6 Å². The third-order valence-corrected chi connectivity index (χ3v) is 3.02. The number of carbonyl (C=O) groups excluding carboxylic acids is 2. The van der Waals surface area contributed by atoms with Gasteiger partial charge in [0, 0.05) is 24.6 Å². The summed E-state index contributed by atoms with van der Waals surface area (Å²) in [5, 5.41) is 5.52. The third kappa shape index (κ3) is 3.84. The summed E-state index contributed by atoms with van der Waals surface area (Å²) in [5.41, 5.74) is 1.45. The van der Waals surface area contributed by atoms with Crippen LogP contribution in [0.25, 0.3) is 0 Å². The number of carbonyl (C=O) groups is 2. The predicted octanol–water partition coefficient (Wildman–Crippen LogP) is 1.71. The van der Waals surface area contributed by atoms with Crippen molar-refractivity contribution in [3.8, 4) is 0 Å². The fraction of sp³-hybridized carbons (Fsp3) is 0.571. The molecule has 0 aliphatic rings. The average Bonchev–Trinajstić information content (AvgIpc) is 2.58. The van der Waals surface area contributed by atoms with Crippen LogP contribution in [-0.2, 0) is 4.79 Å². The van der Waals surface area contributed by atoms with Crippen molar-refractivity contribution in [2.24, 2.45) is 5.92 Å². The van der Waals surface area contributed by atoms with E-state index in [2.05, 4.69) is 10.6 Å². The fourth-order valence-corrected chi connectivity index (χ4v) is 1.78. The average molecular weight is 266 g/mol. The van der Waals surface area contributed by atoms with Crippen LogP contribution in [0.4, 0.5) is 0 Å². The Labute approximate surface area is 113 Å². The van der Waals surface area contributed by atoms with E-state index < -0.39 is 0 Å². The van der Waals surface area contributed by atoms with E-state index >= 15 is 0 Å². The number of nitrogens with one attached hydrogen (secondary N) is 2. The first-order valence-electron chi connectivity index (χ1n) is 6.47. The Bertz CT molecular complexity index is 475. The summed E-state index contributed by atoms with van der Waals surface area (Å²) >= 11 is 0. The lowest BCUT2D eigenvalue weighted by Gasteiger charge is -2.08. The van der Waals surface area contributed by atoms with Crippen LogP contribution < -0.4 is 10.6 Å². The number of hydrogen-bond donors (Lipinski definition) is 2. The van der Waals surface area contributed by atoms with Crippen LogP contribution in [0.15, 0.2) is 4.42 Å². The quantitative estimate of drug-likeness (QED) is 0.797. The molecule has 1 heterocycles. The van der Waals surface area contributed by atoms with Crippen molar-refractivity contribution in [2.75, 3.05) is 13.1 Å². The van der Waals surface area contributed by atoms with Gasteiger partial charge in [-0.3, -0.25) is 9.59 Å². The SMILES string of the molecule is Cc1oc(C)c(C(=O)NCCNC(=O)C(C)C)c1C. The van der Waals surface area contributed by atoms with E-state index in [4.69, 9.17) is 4.42 Å². The van der Waals surface area contributed by atoms with Gasteiger partial charge >= 0.3 is 0 Å². The predicted molar refractivity (Wildman–Crippen MR) is 73.1 cm³/mol. The van der Waals surface area contributed by atoms with Crippen LogP contribution >= 0.6 is 0 Å². The summed E-state index contributed by atoms with van der Waals surface area (Å²) < 4.78 is 5.41. The molecule has 0 spiro atoms. The maximum absolute atomic E-state index is 12.0. The smallest absolute Gasteiger partial charge is 0.255 e. The van der Waals surface area contributed by atoms with E-state index in [-0.39, 0.29) is 17.7 Å².